The van der Waals surface area contributed by atoms with Gasteiger partial charge in [0.1, 0.15) is 0 Å². The highest BCUT2D eigenvalue weighted by Crippen LogP contribution is 2.15. The molecule has 2 rings (SSSR count). The SMILES string of the molecule is Cc1ccccc1CSCCNC(=O)c1cccc([N+](=O)[O-])c1. The molecule has 0 saturated heterocycles. The van der Waals surface area contributed by atoms with Gasteiger partial charge in [-0.15, -0.1) is 0 Å². The highest BCUT2D eigenvalue weighted by Gasteiger charge is 2.10. The fourth-order valence-electron chi connectivity index (χ4n) is 2.05. The van der Waals surface area contributed by atoms with Gasteiger partial charge in [0, 0.05) is 35.7 Å². The Hall–Kier alpha value is -2.34. The highest BCUT2D eigenvalue weighted by atomic mass is 32.2. The van der Waals surface area contributed by atoms with Crippen LogP contribution in [0, 0.1) is 17.0 Å². The van der Waals surface area contributed by atoms with E-state index in [9.17, 15) is 14.9 Å². The number of hydrogen-bond donors (Lipinski definition) is 1. The lowest BCUT2D eigenvalue weighted by Crippen LogP contribution is -2.25. The van der Waals surface area contributed by atoms with Gasteiger partial charge in [0.25, 0.3) is 11.6 Å². The lowest BCUT2D eigenvalue weighted by atomic mass is 10.1. The van der Waals surface area contributed by atoms with Crippen LogP contribution in [0.25, 0.3) is 0 Å². The highest BCUT2D eigenvalue weighted by molar-refractivity contribution is 7.98. The van der Waals surface area contributed by atoms with Crippen molar-refractivity contribution in [3.05, 3.63) is 75.3 Å². The zero-order valence-corrected chi connectivity index (χ0v) is 13.6. The van der Waals surface area contributed by atoms with Gasteiger partial charge in [0.2, 0.25) is 0 Å². The van der Waals surface area contributed by atoms with Gasteiger partial charge >= 0.3 is 0 Å². The van der Waals surface area contributed by atoms with Crippen LogP contribution in [-0.4, -0.2) is 23.1 Å². The molecule has 0 radical (unpaired) electrons. The summed E-state index contributed by atoms with van der Waals surface area (Å²) in [6, 6.07) is 14.0. The number of nitro benzene ring substituents is 1. The lowest BCUT2D eigenvalue weighted by Gasteiger charge is -2.07. The van der Waals surface area contributed by atoms with E-state index in [0.717, 1.165) is 11.5 Å². The van der Waals surface area contributed by atoms with Gasteiger partial charge in [-0.1, -0.05) is 30.3 Å². The molecular formula is C17H18N2O3S. The van der Waals surface area contributed by atoms with E-state index in [2.05, 4.69) is 24.4 Å². The van der Waals surface area contributed by atoms with Crippen LogP contribution in [0.15, 0.2) is 48.5 Å². The monoisotopic (exact) mass is 330 g/mol. The van der Waals surface area contributed by atoms with Crippen molar-refractivity contribution >= 4 is 23.4 Å². The molecule has 0 fully saturated rings. The van der Waals surface area contributed by atoms with Gasteiger partial charge in [-0.25, -0.2) is 0 Å². The Morgan fingerprint density at radius 3 is 2.74 bits per heavy atom. The first-order valence-corrected chi connectivity index (χ1v) is 8.38. The molecule has 5 nitrogen and oxygen atoms in total. The smallest absolute Gasteiger partial charge is 0.270 e. The maximum Gasteiger partial charge on any atom is 0.270 e. The zero-order chi connectivity index (χ0) is 16.7. The standard InChI is InChI=1S/C17H18N2O3S/c1-13-5-2-3-6-15(13)12-23-10-9-18-17(20)14-7-4-8-16(11-14)19(21)22/h2-8,11H,9-10,12H2,1H3,(H,18,20). The van der Waals surface area contributed by atoms with Crippen molar-refractivity contribution in [1.29, 1.82) is 0 Å². The number of amides is 1. The fraction of sp³-hybridized carbons (Fsp3) is 0.235. The second kappa shape index (κ2) is 8.33. The number of non-ortho nitro benzene ring substituents is 1. The first-order chi connectivity index (χ1) is 11.1. The van der Waals surface area contributed by atoms with Crippen LogP contribution in [0.4, 0.5) is 5.69 Å². The summed E-state index contributed by atoms with van der Waals surface area (Å²) in [7, 11) is 0. The maximum absolute atomic E-state index is 12.0. The van der Waals surface area contributed by atoms with Gasteiger partial charge in [-0.3, -0.25) is 14.9 Å². The molecule has 0 heterocycles. The van der Waals surface area contributed by atoms with Crippen LogP contribution in [0.2, 0.25) is 0 Å². The summed E-state index contributed by atoms with van der Waals surface area (Å²) in [5, 5.41) is 13.5. The molecule has 1 amide bonds. The first kappa shape index (κ1) is 17.0. The number of thioether (sulfide) groups is 1. The van der Waals surface area contributed by atoms with E-state index < -0.39 is 4.92 Å². The van der Waals surface area contributed by atoms with Crippen LogP contribution in [0.1, 0.15) is 21.5 Å². The molecule has 0 aliphatic rings. The summed E-state index contributed by atoms with van der Waals surface area (Å²) in [6.07, 6.45) is 0. The van der Waals surface area contributed by atoms with Crippen LogP contribution < -0.4 is 5.32 Å². The van der Waals surface area contributed by atoms with Crippen molar-refractivity contribution in [3.8, 4) is 0 Å². The van der Waals surface area contributed by atoms with Crippen molar-refractivity contribution in [2.45, 2.75) is 12.7 Å². The van der Waals surface area contributed by atoms with E-state index in [-0.39, 0.29) is 11.6 Å². The van der Waals surface area contributed by atoms with Gasteiger partial charge in [0.15, 0.2) is 0 Å². The first-order valence-electron chi connectivity index (χ1n) is 7.23. The van der Waals surface area contributed by atoms with E-state index in [4.69, 9.17) is 0 Å². The molecule has 0 saturated carbocycles. The Labute approximate surface area is 139 Å². The minimum Gasteiger partial charge on any atom is -0.351 e. The Bertz CT molecular complexity index is 704. The third-order valence-corrected chi connectivity index (χ3v) is 4.38. The molecule has 0 aliphatic carbocycles. The van der Waals surface area contributed by atoms with Crippen LogP contribution >= 0.6 is 11.8 Å². The van der Waals surface area contributed by atoms with Crippen molar-refractivity contribution in [1.82, 2.24) is 5.32 Å². The van der Waals surface area contributed by atoms with Gasteiger partial charge in [-0.05, 0) is 24.1 Å². The van der Waals surface area contributed by atoms with Gasteiger partial charge in [0.05, 0.1) is 4.92 Å². The maximum atomic E-state index is 12.0. The molecule has 2 aromatic carbocycles. The molecule has 23 heavy (non-hydrogen) atoms. The summed E-state index contributed by atoms with van der Waals surface area (Å²) in [4.78, 5) is 22.2. The largest absolute Gasteiger partial charge is 0.351 e. The number of carbonyl (C=O) groups is 1. The second-order valence-corrected chi connectivity index (χ2v) is 6.15. The van der Waals surface area contributed by atoms with Crippen molar-refractivity contribution < 1.29 is 9.72 Å². The van der Waals surface area contributed by atoms with Crippen molar-refractivity contribution in [2.75, 3.05) is 12.3 Å². The average Bonchev–Trinajstić information content (AvgIpc) is 2.56. The van der Waals surface area contributed by atoms with Crippen molar-refractivity contribution in [2.24, 2.45) is 0 Å². The Morgan fingerprint density at radius 2 is 2.00 bits per heavy atom. The van der Waals surface area contributed by atoms with Gasteiger partial charge < -0.3 is 5.32 Å². The molecular weight excluding hydrogens is 312 g/mol. The average molecular weight is 330 g/mol. The van der Waals surface area contributed by atoms with E-state index in [1.54, 1.807) is 17.8 Å². The Morgan fingerprint density at radius 1 is 1.22 bits per heavy atom. The number of aryl methyl sites for hydroxylation is 1. The van der Waals surface area contributed by atoms with Gasteiger partial charge in [-0.2, -0.15) is 11.8 Å². The predicted molar refractivity (Wildman–Crippen MR) is 92.8 cm³/mol. The summed E-state index contributed by atoms with van der Waals surface area (Å²) in [6.45, 7) is 2.61. The third kappa shape index (κ3) is 5.10. The molecule has 120 valence electrons. The number of nitrogens with zero attached hydrogens (tertiary/aromatic N) is 1. The number of carbonyl (C=O) groups excluding carboxylic acids is 1. The normalized spacial score (nSPS) is 10.3. The quantitative estimate of drug-likeness (QED) is 0.478. The van der Waals surface area contributed by atoms with Crippen LogP contribution in [-0.2, 0) is 5.75 Å². The minimum atomic E-state index is -0.505. The fourth-order valence-corrected chi connectivity index (χ4v) is 2.99. The van der Waals surface area contributed by atoms with E-state index in [1.807, 2.05) is 12.1 Å². The number of benzene rings is 2. The molecule has 0 unspecified atom stereocenters. The topological polar surface area (TPSA) is 72.2 Å². The molecule has 2 aromatic rings. The zero-order valence-electron chi connectivity index (χ0n) is 12.8. The van der Waals surface area contributed by atoms with E-state index in [1.165, 1.54) is 29.3 Å². The second-order valence-electron chi connectivity index (χ2n) is 5.04. The lowest BCUT2D eigenvalue weighted by molar-refractivity contribution is -0.384. The molecule has 0 spiro atoms. The predicted octanol–water partition coefficient (Wildman–Crippen LogP) is 3.57. The number of nitrogens with one attached hydrogen (secondary N) is 1. The molecule has 0 bridgehead atoms. The summed E-state index contributed by atoms with van der Waals surface area (Å²) < 4.78 is 0. The summed E-state index contributed by atoms with van der Waals surface area (Å²) in [5.74, 6) is 1.40. The molecule has 0 aliphatic heterocycles. The molecule has 1 N–H and O–H groups in total. The number of hydrogen-bond acceptors (Lipinski definition) is 4. The summed E-state index contributed by atoms with van der Waals surface area (Å²) in [5.41, 5.74) is 2.79. The Kier molecular flexibility index (Phi) is 6.17. The number of nitro groups is 1. The summed E-state index contributed by atoms with van der Waals surface area (Å²) >= 11 is 1.74. The molecule has 0 atom stereocenters. The van der Waals surface area contributed by atoms with E-state index in [0.29, 0.717) is 12.1 Å². The Balaban J connectivity index is 1.76. The van der Waals surface area contributed by atoms with Crippen LogP contribution in [0.3, 0.4) is 0 Å². The third-order valence-electron chi connectivity index (χ3n) is 3.37. The molecule has 0 aromatic heterocycles. The number of rotatable bonds is 7. The molecule has 6 heteroatoms. The van der Waals surface area contributed by atoms with E-state index >= 15 is 0 Å². The minimum absolute atomic E-state index is 0.0772. The van der Waals surface area contributed by atoms with Crippen LogP contribution in [0.5, 0.6) is 0 Å². The van der Waals surface area contributed by atoms with Crippen molar-refractivity contribution in [3.63, 3.8) is 0 Å².